The summed E-state index contributed by atoms with van der Waals surface area (Å²) < 4.78 is 0. The molecule has 2 aromatic rings. The summed E-state index contributed by atoms with van der Waals surface area (Å²) in [6.07, 6.45) is 3.74. The van der Waals surface area contributed by atoms with Gasteiger partial charge in [0.05, 0.1) is 5.92 Å². The topological polar surface area (TPSA) is 58.9 Å². The van der Waals surface area contributed by atoms with Crippen molar-refractivity contribution < 1.29 is 4.92 Å². The summed E-state index contributed by atoms with van der Waals surface area (Å²) in [5.74, 6) is 0.000509. The molecule has 0 bridgehead atoms. The van der Waals surface area contributed by atoms with Crippen LogP contribution in [0.25, 0.3) is 10.9 Å². The van der Waals surface area contributed by atoms with Crippen LogP contribution in [-0.2, 0) is 0 Å². The van der Waals surface area contributed by atoms with Gasteiger partial charge in [-0.1, -0.05) is 31.5 Å². The van der Waals surface area contributed by atoms with Crippen LogP contribution >= 0.6 is 0 Å². The molecule has 96 valence electrons. The van der Waals surface area contributed by atoms with Crippen molar-refractivity contribution in [3.63, 3.8) is 0 Å². The van der Waals surface area contributed by atoms with Crippen molar-refractivity contribution in [3.05, 3.63) is 45.6 Å². The number of rotatable bonds is 5. The van der Waals surface area contributed by atoms with Crippen LogP contribution in [0.3, 0.4) is 0 Å². The quantitative estimate of drug-likeness (QED) is 0.646. The number of fused-ring (bicyclic) bond motifs is 1. The van der Waals surface area contributed by atoms with Crippen LogP contribution < -0.4 is 0 Å². The van der Waals surface area contributed by atoms with E-state index in [9.17, 15) is 10.1 Å². The number of nitrogens with zero attached hydrogens (tertiary/aromatic N) is 1. The predicted molar refractivity (Wildman–Crippen MR) is 72.5 cm³/mol. The maximum absolute atomic E-state index is 10.8. The fraction of sp³-hybridized carbons (Fsp3) is 0.429. The molecule has 0 aliphatic rings. The molecule has 18 heavy (non-hydrogen) atoms. The lowest BCUT2D eigenvalue weighted by molar-refractivity contribution is -0.483. The first kappa shape index (κ1) is 12.6. The van der Waals surface area contributed by atoms with Crippen molar-refractivity contribution >= 4 is 10.9 Å². The van der Waals surface area contributed by atoms with Crippen LogP contribution in [0.2, 0.25) is 0 Å². The molecule has 1 aromatic carbocycles. The largest absolute Gasteiger partial charge is 0.361 e. The highest BCUT2D eigenvalue weighted by Crippen LogP contribution is 2.30. The normalized spacial score (nSPS) is 12.8. The third-order valence-electron chi connectivity index (χ3n) is 3.40. The fourth-order valence-electron chi connectivity index (χ4n) is 2.54. The smallest absolute Gasteiger partial charge is 0.210 e. The van der Waals surface area contributed by atoms with E-state index >= 15 is 0 Å². The van der Waals surface area contributed by atoms with E-state index in [1.54, 1.807) is 0 Å². The average molecular weight is 246 g/mol. The zero-order chi connectivity index (χ0) is 13.1. The molecule has 0 amide bonds. The molecule has 1 N–H and O–H groups in total. The van der Waals surface area contributed by atoms with Crippen molar-refractivity contribution in [2.45, 2.75) is 32.6 Å². The highest BCUT2D eigenvalue weighted by atomic mass is 16.6. The summed E-state index contributed by atoms with van der Waals surface area (Å²) in [5, 5.41) is 11.9. The summed E-state index contributed by atoms with van der Waals surface area (Å²) in [5.41, 5.74) is 3.35. The van der Waals surface area contributed by atoms with Crippen molar-refractivity contribution in [1.29, 1.82) is 0 Å². The molecular weight excluding hydrogens is 228 g/mol. The number of aromatic nitrogens is 1. The summed E-state index contributed by atoms with van der Waals surface area (Å²) in [4.78, 5) is 13.8. The van der Waals surface area contributed by atoms with Crippen LogP contribution in [-0.4, -0.2) is 16.5 Å². The average Bonchev–Trinajstić information content (AvgIpc) is 2.73. The number of hydrogen-bond acceptors (Lipinski definition) is 2. The van der Waals surface area contributed by atoms with Crippen molar-refractivity contribution in [2.75, 3.05) is 6.54 Å². The Labute approximate surface area is 106 Å². The van der Waals surface area contributed by atoms with Gasteiger partial charge in [0.15, 0.2) is 0 Å². The first-order valence-electron chi connectivity index (χ1n) is 6.32. The Morgan fingerprint density at radius 3 is 2.89 bits per heavy atom. The lowest BCUT2D eigenvalue weighted by Gasteiger charge is -2.10. The number of hydrogen-bond donors (Lipinski definition) is 1. The lowest BCUT2D eigenvalue weighted by atomic mass is 9.94. The Morgan fingerprint density at radius 1 is 1.44 bits per heavy atom. The van der Waals surface area contributed by atoms with Crippen LogP contribution in [0.15, 0.2) is 24.4 Å². The third kappa shape index (κ3) is 2.37. The van der Waals surface area contributed by atoms with Gasteiger partial charge < -0.3 is 4.98 Å². The fourth-order valence-corrected chi connectivity index (χ4v) is 2.54. The number of H-pyrrole nitrogens is 1. The molecular formula is C14H18N2O2. The minimum atomic E-state index is -0.213. The zero-order valence-electron chi connectivity index (χ0n) is 10.8. The zero-order valence-corrected chi connectivity index (χ0v) is 10.8. The van der Waals surface area contributed by atoms with E-state index in [1.165, 1.54) is 5.56 Å². The summed E-state index contributed by atoms with van der Waals surface area (Å²) in [6, 6.07) is 6.09. The van der Waals surface area contributed by atoms with E-state index < -0.39 is 0 Å². The van der Waals surface area contributed by atoms with Gasteiger partial charge in [-0.15, -0.1) is 0 Å². The second kappa shape index (κ2) is 5.21. The molecule has 2 rings (SSSR count). The highest BCUT2D eigenvalue weighted by molar-refractivity contribution is 5.86. The molecule has 1 aromatic heterocycles. The molecule has 0 saturated heterocycles. The Morgan fingerprint density at radius 2 is 2.22 bits per heavy atom. The number of para-hydroxylation sites is 1. The van der Waals surface area contributed by atoms with E-state index in [0.717, 1.165) is 29.3 Å². The van der Waals surface area contributed by atoms with Gasteiger partial charge in [0.25, 0.3) is 0 Å². The monoisotopic (exact) mass is 246 g/mol. The first-order valence-corrected chi connectivity index (χ1v) is 6.32. The van der Waals surface area contributed by atoms with Gasteiger partial charge in [-0.05, 0) is 24.5 Å². The molecule has 0 saturated carbocycles. The summed E-state index contributed by atoms with van der Waals surface area (Å²) in [7, 11) is 0. The number of aromatic amines is 1. The van der Waals surface area contributed by atoms with Gasteiger partial charge in [0.1, 0.15) is 0 Å². The standard InChI is InChI=1S/C14H18N2O2/c1-3-5-11(9-16(17)18)13-8-15-14-10(2)6-4-7-12(13)14/h4,6-8,11,15H,3,5,9H2,1-2H3/t11-/m1/s1. The predicted octanol–water partition coefficient (Wildman–Crippen LogP) is 3.64. The Balaban J connectivity index is 2.44. The minimum absolute atomic E-state index is 0.000509. The Hall–Kier alpha value is -1.84. The second-order valence-corrected chi connectivity index (χ2v) is 4.74. The highest BCUT2D eigenvalue weighted by Gasteiger charge is 2.20. The van der Waals surface area contributed by atoms with Crippen LogP contribution in [0.4, 0.5) is 0 Å². The van der Waals surface area contributed by atoms with Crippen molar-refractivity contribution in [3.8, 4) is 0 Å². The molecule has 0 radical (unpaired) electrons. The number of benzene rings is 1. The molecule has 4 heteroatoms. The molecule has 1 atom stereocenters. The van der Waals surface area contributed by atoms with E-state index in [2.05, 4.69) is 11.9 Å². The Kier molecular flexibility index (Phi) is 3.65. The van der Waals surface area contributed by atoms with Gasteiger partial charge in [-0.25, -0.2) is 0 Å². The van der Waals surface area contributed by atoms with Gasteiger partial charge in [0, 0.05) is 22.0 Å². The van der Waals surface area contributed by atoms with E-state index in [4.69, 9.17) is 0 Å². The van der Waals surface area contributed by atoms with E-state index in [-0.39, 0.29) is 17.4 Å². The summed E-state index contributed by atoms with van der Waals surface area (Å²) >= 11 is 0. The third-order valence-corrected chi connectivity index (χ3v) is 3.40. The maximum atomic E-state index is 10.8. The second-order valence-electron chi connectivity index (χ2n) is 4.74. The van der Waals surface area contributed by atoms with Crippen molar-refractivity contribution in [1.82, 2.24) is 4.98 Å². The Bertz CT molecular complexity index is 560. The molecule has 0 unspecified atom stereocenters. The van der Waals surface area contributed by atoms with Crippen molar-refractivity contribution in [2.24, 2.45) is 0 Å². The van der Waals surface area contributed by atoms with Gasteiger partial charge in [0.2, 0.25) is 6.54 Å². The van der Waals surface area contributed by atoms with E-state index in [1.807, 2.05) is 31.3 Å². The maximum Gasteiger partial charge on any atom is 0.210 e. The van der Waals surface area contributed by atoms with Gasteiger partial charge in [-0.2, -0.15) is 0 Å². The van der Waals surface area contributed by atoms with Gasteiger partial charge in [-0.3, -0.25) is 10.1 Å². The molecule has 1 heterocycles. The molecule has 0 spiro atoms. The van der Waals surface area contributed by atoms with Gasteiger partial charge >= 0.3 is 0 Å². The number of nitro groups is 1. The SMILES string of the molecule is CCC[C@H](C[N+](=O)[O-])c1c[nH]c2c(C)cccc12. The molecule has 4 nitrogen and oxygen atoms in total. The minimum Gasteiger partial charge on any atom is -0.361 e. The first-order chi connectivity index (χ1) is 8.63. The molecule has 0 aliphatic carbocycles. The molecule has 0 aliphatic heterocycles. The molecule has 0 fully saturated rings. The van der Waals surface area contributed by atoms with E-state index in [0.29, 0.717) is 0 Å². The van der Waals surface area contributed by atoms with Crippen LogP contribution in [0.1, 0.15) is 36.8 Å². The lowest BCUT2D eigenvalue weighted by Crippen LogP contribution is -2.12. The van der Waals surface area contributed by atoms with Crippen LogP contribution in [0.5, 0.6) is 0 Å². The van der Waals surface area contributed by atoms with Crippen LogP contribution in [0, 0.1) is 17.0 Å². The summed E-state index contributed by atoms with van der Waals surface area (Å²) in [6.45, 7) is 4.12. The number of aryl methyl sites for hydroxylation is 1. The number of nitrogens with one attached hydrogen (secondary N) is 1.